The van der Waals surface area contributed by atoms with Crippen molar-refractivity contribution in [2.24, 2.45) is 0 Å². The fourth-order valence-corrected chi connectivity index (χ4v) is 4.82. The molecule has 0 aromatic carbocycles. The second kappa shape index (κ2) is 5.26. The third-order valence-corrected chi connectivity index (χ3v) is 6.59. The summed E-state index contributed by atoms with van der Waals surface area (Å²) in [6, 6.07) is 3.10. The average molecular weight is 323 g/mol. The molecule has 0 N–H and O–H groups in total. The molecule has 0 fully saturated rings. The normalized spacial score (nSPS) is 12.2. The van der Waals surface area contributed by atoms with Gasteiger partial charge >= 0.3 is 0 Å². The van der Waals surface area contributed by atoms with Crippen LogP contribution in [-0.4, -0.2) is 24.8 Å². The van der Waals surface area contributed by atoms with Crippen molar-refractivity contribution in [3.63, 3.8) is 0 Å². The van der Waals surface area contributed by atoms with Crippen molar-refractivity contribution in [1.82, 2.24) is 9.29 Å². The molecule has 2 aromatic rings. The number of thiazole rings is 1. The quantitative estimate of drug-likeness (QED) is 0.869. The fraction of sp³-hybridized carbons (Fsp3) is 0.300. The highest BCUT2D eigenvalue weighted by atomic mass is 35.5. The Kier molecular flexibility index (Phi) is 4.08. The summed E-state index contributed by atoms with van der Waals surface area (Å²) in [5.41, 5.74) is 0.756. The van der Waals surface area contributed by atoms with Crippen LogP contribution >= 0.6 is 34.3 Å². The van der Waals surface area contributed by atoms with Crippen molar-refractivity contribution in [2.75, 3.05) is 7.05 Å². The molecule has 8 heteroatoms. The molecule has 0 amide bonds. The molecule has 4 nitrogen and oxygen atoms in total. The smallest absolute Gasteiger partial charge is 0.245 e. The standard InChI is InChI=1S/C10H11ClN2O2S3/c1-7-12-8(6-16-7)5-13(2)18(14,15)10-4-3-9(11)17-10/h3-4,6H,5H2,1-2H3. The fourth-order valence-electron chi connectivity index (χ4n) is 1.38. The van der Waals surface area contributed by atoms with E-state index < -0.39 is 10.0 Å². The Balaban J connectivity index is 2.20. The van der Waals surface area contributed by atoms with E-state index in [-0.39, 0.29) is 10.8 Å². The van der Waals surface area contributed by atoms with E-state index in [1.165, 1.54) is 28.8 Å². The lowest BCUT2D eigenvalue weighted by molar-refractivity contribution is 0.464. The van der Waals surface area contributed by atoms with Gasteiger partial charge in [0.15, 0.2) is 0 Å². The summed E-state index contributed by atoms with van der Waals surface area (Å²) in [5.74, 6) is 0. The molecule has 0 saturated carbocycles. The molecular formula is C10H11ClN2O2S3. The summed E-state index contributed by atoms with van der Waals surface area (Å²) in [6.07, 6.45) is 0. The van der Waals surface area contributed by atoms with E-state index in [0.717, 1.165) is 22.0 Å². The van der Waals surface area contributed by atoms with Crippen LogP contribution in [0.15, 0.2) is 21.7 Å². The molecule has 18 heavy (non-hydrogen) atoms. The Morgan fingerprint density at radius 1 is 1.44 bits per heavy atom. The number of hydrogen-bond donors (Lipinski definition) is 0. The molecule has 0 unspecified atom stereocenters. The van der Waals surface area contributed by atoms with E-state index in [9.17, 15) is 8.42 Å². The van der Waals surface area contributed by atoms with Gasteiger partial charge in [-0.05, 0) is 19.1 Å². The van der Waals surface area contributed by atoms with Crippen molar-refractivity contribution in [1.29, 1.82) is 0 Å². The molecule has 2 heterocycles. The molecule has 0 aliphatic heterocycles. The number of sulfonamides is 1. The molecule has 0 bridgehead atoms. The highest BCUT2D eigenvalue weighted by molar-refractivity contribution is 7.91. The maximum atomic E-state index is 12.2. The SMILES string of the molecule is Cc1nc(CN(C)S(=O)(=O)c2ccc(Cl)s2)cs1. The minimum absolute atomic E-state index is 0.252. The molecule has 0 aliphatic carbocycles. The second-order valence-corrected chi connectivity index (χ2v) is 8.73. The van der Waals surface area contributed by atoms with Crippen LogP contribution in [0.5, 0.6) is 0 Å². The molecule has 98 valence electrons. The largest absolute Gasteiger partial charge is 0.252 e. The van der Waals surface area contributed by atoms with Crippen LogP contribution in [0.1, 0.15) is 10.7 Å². The number of thiophene rings is 1. The number of hydrogen-bond acceptors (Lipinski definition) is 5. The maximum absolute atomic E-state index is 12.2. The lowest BCUT2D eigenvalue weighted by Crippen LogP contribution is -2.25. The van der Waals surface area contributed by atoms with E-state index >= 15 is 0 Å². The third-order valence-electron chi connectivity index (χ3n) is 2.26. The predicted molar refractivity (Wildman–Crippen MR) is 74.8 cm³/mol. The first-order valence-corrected chi connectivity index (χ1v) is 8.53. The van der Waals surface area contributed by atoms with Gasteiger partial charge in [0.05, 0.1) is 21.6 Å². The van der Waals surface area contributed by atoms with Crippen LogP contribution in [0, 0.1) is 6.92 Å². The highest BCUT2D eigenvalue weighted by Crippen LogP contribution is 2.28. The van der Waals surface area contributed by atoms with Crippen molar-refractivity contribution in [3.05, 3.63) is 32.6 Å². The summed E-state index contributed by atoms with van der Waals surface area (Å²) < 4.78 is 26.4. The van der Waals surface area contributed by atoms with Crippen LogP contribution in [0.3, 0.4) is 0 Å². The van der Waals surface area contributed by atoms with Crippen molar-refractivity contribution in [3.8, 4) is 0 Å². The lowest BCUT2D eigenvalue weighted by Gasteiger charge is -2.14. The van der Waals surface area contributed by atoms with Gasteiger partial charge in [-0.3, -0.25) is 0 Å². The summed E-state index contributed by atoms with van der Waals surface area (Å²) in [5, 5.41) is 2.79. The first kappa shape index (κ1) is 14.0. The van der Waals surface area contributed by atoms with Gasteiger partial charge in [0.1, 0.15) is 4.21 Å². The first-order valence-electron chi connectivity index (χ1n) is 5.02. The van der Waals surface area contributed by atoms with Gasteiger partial charge in [-0.1, -0.05) is 11.6 Å². The van der Waals surface area contributed by atoms with Crippen molar-refractivity contribution < 1.29 is 8.42 Å². The van der Waals surface area contributed by atoms with Crippen LogP contribution in [0.25, 0.3) is 0 Å². The van der Waals surface area contributed by atoms with Gasteiger partial charge in [-0.2, -0.15) is 4.31 Å². The zero-order valence-corrected chi connectivity index (χ0v) is 13.0. The maximum Gasteiger partial charge on any atom is 0.252 e. The minimum Gasteiger partial charge on any atom is -0.245 e. The lowest BCUT2D eigenvalue weighted by atomic mass is 10.5. The van der Waals surface area contributed by atoms with Crippen molar-refractivity contribution >= 4 is 44.3 Å². The Labute approximate surface area is 119 Å². The van der Waals surface area contributed by atoms with E-state index in [0.29, 0.717) is 4.34 Å². The van der Waals surface area contributed by atoms with Gasteiger partial charge in [-0.15, -0.1) is 22.7 Å². The number of aryl methyl sites for hydroxylation is 1. The topological polar surface area (TPSA) is 50.3 Å². The molecular weight excluding hydrogens is 312 g/mol. The Bertz CT molecular complexity index is 648. The summed E-state index contributed by atoms with van der Waals surface area (Å²) in [6.45, 7) is 2.16. The van der Waals surface area contributed by atoms with E-state index in [2.05, 4.69) is 4.98 Å². The molecule has 2 aromatic heterocycles. The predicted octanol–water partition coefficient (Wildman–Crippen LogP) is 2.99. The Morgan fingerprint density at radius 2 is 2.17 bits per heavy atom. The first-order chi connectivity index (χ1) is 8.39. The molecule has 0 atom stereocenters. The van der Waals surface area contributed by atoms with Crippen LogP contribution in [0.4, 0.5) is 0 Å². The highest BCUT2D eigenvalue weighted by Gasteiger charge is 2.23. The van der Waals surface area contributed by atoms with Crippen LogP contribution < -0.4 is 0 Å². The number of nitrogens with zero attached hydrogens (tertiary/aromatic N) is 2. The van der Waals surface area contributed by atoms with Gasteiger partial charge in [0, 0.05) is 12.4 Å². The van der Waals surface area contributed by atoms with Crippen molar-refractivity contribution in [2.45, 2.75) is 17.7 Å². The minimum atomic E-state index is -3.48. The third kappa shape index (κ3) is 2.92. The number of aromatic nitrogens is 1. The molecule has 0 spiro atoms. The Morgan fingerprint density at radius 3 is 2.67 bits per heavy atom. The van der Waals surface area contributed by atoms with Crippen LogP contribution in [-0.2, 0) is 16.6 Å². The van der Waals surface area contributed by atoms with E-state index in [1.807, 2.05) is 12.3 Å². The second-order valence-electron chi connectivity index (χ2n) is 3.68. The molecule has 0 saturated heterocycles. The summed E-state index contributed by atoms with van der Waals surface area (Å²) in [7, 11) is -1.94. The van der Waals surface area contributed by atoms with E-state index in [1.54, 1.807) is 6.07 Å². The van der Waals surface area contributed by atoms with Gasteiger partial charge in [0.25, 0.3) is 10.0 Å². The zero-order chi connectivity index (χ0) is 13.3. The molecule has 2 rings (SSSR count). The van der Waals surface area contributed by atoms with Gasteiger partial charge < -0.3 is 0 Å². The summed E-state index contributed by atoms with van der Waals surface area (Å²) in [4.78, 5) is 4.25. The molecule has 0 aliphatic rings. The molecule has 0 radical (unpaired) electrons. The zero-order valence-electron chi connectivity index (χ0n) is 9.75. The number of rotatable bonds is 4. The van der Waals surface area contributed by atoms with Gasteiger partial charge in [0.2, 0.25) is 0 Å². The van der Waals surface area contributed by atoms with E-state index in [4.69, 9.17) is 11.6 Å². The van der Waals surface area contributed by atoms with Crippen LogP contribution in [0.2, 0.25) is 4.34 Å². The number of halogens is 1. The van der Waals surface area contributed by atoms with Gasteiger partial charge in [-0.25, -0.2) is 13.4 Å². The summed E-state index contributed by atoms with van der Waals surface area (Å²) >= 11 is 8.32. The Hall–Kier alpha value is -0.470. The monoisotopic (exact) mass is 322 g/mol. The average Bonchev–Trinajstić information content (AvgIpc) is 2.88.